The molecule has 0 fully saturated rings. The fourth-order valence-electron chi connectivity index (χ4n) is 1.78. The van der Waals surface area contributed by atoms with Gasteiger partial charge in [0.25, 0.3) is 0 Å². The van der Waals surface area contributed by atoms with Crippen molar-refractivity contribution in [3.63, 3.8) is 0 Å². The van der Waals surface area contributed by atoms with Crippen molar-refractivity contribution >= 4 is 10.0 Å². The van der Waals surface area contributed by atoms with Crippen molar-refractivity contribution in [2.75, 3.05) is 12.9 Å². The maximum Gasteiger partial charge on any atom is 0.209 e. The van der Waals surface area contributed by atoms with Gasteiger partial charge in [-0.1, -0.05) is 25.0 Å². The van der Waals surface area contributed by atoms with Gasteiger partial charge in [-0.15, -0.1) is 0 Å². The first-order valence-electron chi connectivity index (χ1n) is 6.15. The van der Waals surface area contributed by atoms with Gasteiger partial charge in [-0.3, -0.25) is 0 Å². The standard InChI is InChI=1S/C13H21NO3S/c1-17-13-9-7-12(8-10-13)6-4-2-3-5-11-18(14,15)16/h7-10H,2-6,11H2,1H3,(H2,14,15,16). The summed E-state index contributed by atoms with van der Waals surface area (Å²) in [5.41, 5.74) is 1.28. The molecule has 0 spiro atoms. The molecule has 0 aliphatic carbocycles. The Bertz CT molecular complexity index is 440. The van der Waals surface area contributed by atoms with Gasteiger partial charge in [-0.2, -0.15) is 0 Å². The largest absolute Gasteiger partial charge is 0.497 e. The number of ether oxygens (including phenoxy) is 1. The first-order valence-corrected chi connectivity index (χ1v) is 7.86. The van der Waals surface area contributed by atoms with E-state index in [2.05, 4.69) is 12.1 Å². The molecule has 0 amide bonds. The molecule has 0 unspecified atom stereocenters. The van der Waals surface area contributed by atoms with E-state index in [-0.39, 0.29) is 5.75 Å². The van der Waals surface area contributed by atoms with Gasteiger partial charge in [0.15, 0.2) is 0 Å². The molecule has 2 N–H and O–H groups in total. The summed E-state index contributed by atoms with van der Waals surface area (Å²) >= 11 is 0. The van der Waals surface area contributed by atoms with Crippen LogP contribution in [0.5, 0.6) is 5.75 Å². The number of rotatable bonds is 8. The lowest BCUT2D eigenvalue weighted by atomic mass is 10.1. The number of hydrogen-bond acceptors (Lipinski definition) is 3. The number of nitrogens with two attached hydrogens (primary N) is 1. The van der Waals surface area contributed by atoms with Crippen molar-refractivity contribution in [1.29, 1.82) is 0 Å². The minimum Gasteiger partial charge on any atom is -0.497 e. The first-order chi connectivity index (χ1) is 8.51. The lowest BCUT2D eigenvalue weighted by molar-refractivity contribution is 0.414. The molecule has 1 rings (SSSR count). The molecule has 4 nitrogen and oxygen atoms in total. The third-order valence-corrected chi connectivity index (χ3v) is 3.66. The summed E-state index contributed by atoms with van der Waals surface area (Å²) in [5.74, 6) is 0.960. The van der Waals surface area contributed by atoms with Crippen molar-refractivity contribution in [2.45, 2.75) is 32.1 Å². The van der Waals surface area contributed by atoms with Crippen molar-refractivity contribution in [3.8, 4) is 5.75 Å². The Kier molecular flexibility index (Phi) is 6.15. The zero-order valence-electron chi connectivity index (χ0n) is 10.8. The summed E-state index contributed by atoms with van der Waals surface area (Å²) in [6, 6.07) is 8.03. The van der Waals surface area contributed by atoms with E-state index in [1.54, 1.807) is 7.11 Å². The van der Waals surface area contributed by atoms with E-state index in [0.717, 1.165) is 31.4 Å². The highest BCUT2D eigenvalue weighted by Gasteiger charge is 2.01. The van der Waals surface area contributed by atoms with E-state index >= 15 is 0 Å². The molecule has 0 heterocycles. The van der Waals surface area contributed by atoms with Gasteiger partial charge in [0.2, 0.25) is 10.0 Å². The molecule has 0 aromatic heterocycles. The molecule has 102 valence electrons. The zero-order valence-corrected chi connectivity index (χ0v) is 11.6. The quantitative estimate of drug-likeness (QED) is 0.736. The van der Waals surface area contributed by atoms with Gasteiger partial charge < -0.3 is 4.74 Å². The number of hydrogen-bond donors (Lipinski definition) is 1. The van der Waals surface area contributed by atoms with Crippen LogP contribution in [-0.2, 0) is 16.4 Å². The normalized spacial score (nSPS) is 11.4. The molecule has 0 atom stereocenters. The number of benzene rings is 1. The van der Waals surface area contributed by atoms with Gasteiger partial charge in [0.05, 0.1) is 12.9 Å². The minimum absolute atomic E-state index is 0.0928. The Morgan fingerprint density at radius 1 is 1.06 bits per heavy atom. The summed E-state index contributed by atoms with van der Waals surface area (Å²) in [4.78, 5) is 0. The number of primary sulfonamides is 1. The van der Waals surface area contributed by atoms with Crippen LogP contribution in [0, 0.1) is 0 Å². The van der Waals surface area contributed by atoms with Gasteiger partial charge in [0, 0.05) is 0 Å². The fraction of sp³-hybridized carbons (Fsp3) is 0.538. The van der Waals surface area contributed by atoms with Crippen LogP contribution in [0.3, 0.4) is 0 Å². The second-order valence-electron chi connectivity index (χ2n) is 4.38. The molecule has 0 aliphatic heterocycles. The molecular weight excluding hydrogens is 250 g/mol. The van der Waals surface area contributed by atoms with Gasteiger partial charge in [0.1, 0.15) is 5.75 Å². The predicted octanol–water partition coefficient (Wildman–Crippen LogP) is 2.09. The highest BCUT2D eigenvalue weighted by atomic mass is 32.2. The molecule has 1 aromatic carbocycles. The van der Waals surface area contributed by atoms with Gasteiger partial charge in [-0.25, -0.2) is 13.6 Å². The monoisotopic (exact) mass is 271 g/mol. The van der Waals surface area contributed by atoms with Crippen LogP contribution in [-0.4, -0.2) is 21.3 Å². The summed E-state index contributed by atoms with van der Waals surface area (Å²) in [5, 5.41) is 4.93. The van der Waals surface area contributed by atoms with Crippen LogP contribution < -0.4 is 9.88 Å². The molecule has 0 saturated heterocycles. The van der Waals surface area contributed by atoms with Crippen LogP contribution >= 0.6 is 0 Å². The van der Waals surface area contributed by atoms with Crippen LogP contribution in [0.25, 0.3) is 0 Å². The van der Waals surface area contributed by atoms with Crippen LogP contribution in [0.4, 0.5) is 0 Å². The minimum atomic E-state index is -3.29. The van der Waals surface area contributed by atoms with E-state index < -0.39 is 10.0 Å². The Labute approximate surface area is 109 Å². The maximum atomic E-state index is 10.7. The molecule has 0 bridgehead atoms. The average molecular weight is 271 g/mol. The predicted molar refractivity (Wildman–Crippen MR) is 73.1 cm³/mol. The second kappa shape index (κ2) is 7.38. The highest BCUT2D eigenvalue weighted by Crippen LogP contribution is 2.14. The van der Waals surface area contributed by atoms with E-state index in [0.29, 0.717) is 6.42 Å². The molecule has 0 aliphatic rings. The van der Waals surface area contributed by atoms with Crippen LogP contribution in [0.1, 0.15) is 31.2 Å². The van der Waals surface area contributed by atoms with Crippen LogP contribution in [0.15, 0.2) is 24.3 Å². The molecule has 18 heavy (non-hydrogen) atoms. The molecule has 0 radical (unpaired) electrons. The Morgan fingerprint density at radius 3 is 2.22 bits per heavy atom. The molecule has 1 aromatic rings. The smallest absolute Gasteiger partial charge is 0.209 e. The molecule has 5 heteroatoms. The SMILES string of the molecule is COc1ccc(CCCCCCS(N)(=O)=O)cc1. The molecular formula is C13H21NO3S. The van der Waals surface area contributed by atoms with Crippen molar-refractivity contribution in [2.24, 2.45) is 5.14 Å². The molecule has 0 saturated carbocycles. The number of methoxy groups -OCH3 is 1. The van der Waals surface area contributed by atoms with E-state index in [1.807, 2.05) is 12.1 Å². The highest BCUT2D eigenvalue weighted by molar-refractivity contribution is 7.89. The van der Waals surface area contributed by atoms with Gasteiger partial charge in [-0.05, 0) is 37.0 Å². The lowest BCUT2D eigenvalue weighted by Gasteiger charge is -2.03. The van der Waals surface area contributed by atoms with E-state index in [9.17, 15) is 8.42 Å². The lowest BCUT2D eigenvalue weighted by Crippen LogP contribution is -2.16. The third-order valence-electron chi connectivity index (χ3n) is 2.80. The van der Waals surface area contributed by atoms with E-state index in [4.69, 9.17) is 9.88 Å². The van der Waals surface area contributed by atoms with Crippen LogP contribution in [0.2, 0.25) is 0 Å². The summed E-state index contributed by atoms with van der Waals surface area (Å²) in [7, 11) is -1.63. The second-order valence-corrected chi connectivity index (χ2v) is 6.11. The van der Waals surface area contributed by atoms with Crippen molar-refractivity contribution < 1.29 is 13.2 Å². The maximum absolute atomic E-state index is 10.7. The van der Waals surface area contributed by atoms with Crippen molar-refractivity contribution in [3.05, 3.63) is 29.8 Å². The third kappa shape index (κ3) is 6.61. The zero-order chi connectivity index (χ0) is 13.4. The Balaban J connectivity index is 2.14. The van der Waals surface area contributed by atoms with Crippen molar-refractivity contribution in [1.82, 2.24) is 0 Å². The number of aryl methyl sites for hydroxylation is 1. The number of unbranched alkanes of at least 4 members (excludes halogenated alkanes) is 3. The summed E-state index contributed by atoms with van der Waals surface area (Å²) in [6.45, 7) is 0. The van der Waals surface area contributed by atoms with E-state index in [1.165, 1.54) is 5.56 Å². The average Bonchev–Trinajstić information content (AvgIpc) is 2.33. The summed E-state index contributed by atoms with van der Waals surface area (Å²) < 4.78 is 26.5. The summed E-state index contributed by atoms with van der Waals surface area (Å²) in [6.07, 6.45) is 4.67. The Hall–Kier alpha value is -1.07. The first kappa shape index (κ1) is 15.0. The Morgan fingerprint density at radius 2 is 1.67 bits per heavy atom. The van der Waals surface area contributed by atoms with Gasteiger partial charge >= 0.3 is 0 Å². The topological polar surface area (TPSA) is 69.4 Å². The fourth-order valence-corrected chi connectivity index (χ4v) is 2.38. The number of sulfonamides is 1.